The van der Waals surface area contributed by atoms with E-state index in [1.165, 1.54) is 0 Å². The molecule has 2 aromatic heterocycles. The van der Waals surface area contributed by atoms with E-state index in [4.69, 9.17) is 10.8 Å². The van der Waals surface area contributed by atoms with Crippen LogP contribution in [-0.2, 0) is 36.8 Å². The second-order valence-corrected chi connectivity index (χ2v) is 10.9. The van der Waals surface area contributed by atoms with E-state index in [0.29, 0.717) is 0 Å². The summed E-state index contributed by atoms with van der Waals surface area (Å²) in [7, 11) is 0. The van der Waals surface area contributed by atoms with Gasteiger partial charge in [-0.15, -0.1) is 0 Å². The predicted molar refractivity (Wildman–Crippen MR) is 164 cm³/mol. The fourth-order valence-corrected chi connectivity index (χ4v) is 5.05. The normalized spacial score (nSPS) is 13.3. The molecule has 0 aliphatic carbocycles. The Morgan fingerprint density at radius 2 is 1.27 bits per heavy atom. The second-order valence-electron chi connectivity index (χ2n) is 10.9. The molecule has 2 heterocycles. The number of carboxylic acid groups (broad SMARTS) is 1. The third-order valence-electron chi connectivity index (χ3n) is 7.33. The van der Waals surface area contributed by atoms with Gasteiger partial charge < -0.3 is 42.1 Å². The minimum absolute atomic E-state index is 0.0652. The first-order chi connectivity index (χ1) is 21.1. The number of nitrogens with two attached hydrogens (primary N) is 1. The summed E-state index contributed by atoms with van der Waals surface area (Å²) in [6, 6.07) is 11.7. The summed E-state index contributed by atoms with van der Waals surface area (Å²) in [4.78, 5) is 69.9. The SMILES string of the molecule is CC(C)[C@H](NC(=O)[C@H](Cc1c[nH]c2ccccc12)NC(=O)CN)C(=O)N[C@@H](Cc1c[nH]c2ccccc12)C(=O)NCC(=O)O. The number of aromatic amines is 2. The summed E-state index contributed by atoms with van der Waals surface area (Å²) >= 11 is 0. The molecular weight excluding hydrogens is 566 g/mol. The molecule has 44 heavy (non-hydrogen) atoms. The van der Waals surface area contributed by atoms with Crippen LogP contribution in [0.25, 0.3) is 21.8 Å². The molecule has 0 bridgehead atoms. The maximum atomic E-state index is 13.6. The summed E-state index contributed by atoms with van der Waals surface area (Å²) in [5.41, 5.74) is 8.75. The van der Waals surface area contributed by atoms with E-state index in [1.807, 2.05) is 48.5 Å². The van der Waals surface area contributed by atoms with Gasteiger partial charge in [0.2, 0.25) is 23.6 Å². The van der Waals surface area contributed by atoms with Crippen LogP contribution in [0, 0.1) is 5.92 Å². The van der Waals surface area contributed by atoms with Gasteiger partial charge >= 0.3 is 5.97 Å². The number of hydrogen-bond acceptors (Lipinski definition) is 6. The number of rotatable bonds is 14. The Hall–Kier alpha value is -5.17. The molecule has 4 amide bonds. The van der Waals surface area contributed by atoms with Gasteiger partial charge in [0.1, 0.15) is 24.7 Å². The number of benzene rings is 2. The Balaban J connectivity index is 1.54. The number of hydrogen-bond donors (Lipinski definition) is 8. The molecule has 3 atom stereocenters. The van der Waals surface area contributed by atoms with Gasteiger partial charge in [0.15, 0.2) is 0 Å². The summed E-state index contributed by atoms with van der Waals surface area (Å²) in [6.45, 7) is 2.51. The lowest BCUT2D eigenvalue weighted by Crippen LogP contribution is -2.59. The van der Waals surface area contributed by atoms with Gasteiger partial charge in [0.25, 0.3) is 0 Å². The quantitative estimate of drug-likeness (QED) is 0.103. The van der Waals surface area contributed by atoms with Crippen molar-refractivity contribution in [3.63, 3.8) is 0 Å². The average Bonchev–Trinajstić information content (AvgIpc) is 3.61. The van der Waals surface area contributed by atoms with Gasteiger partial charge in [0.05, 0.1) is 6.54 Å². The van der Waals surface area contributed by atoms with E-state index < -0.39 is 60.2 Å². The van der Waals surface area contributed by atoms with Crippen LogP contribution >= 0.6 is 0 Å². The minimum atomic E-state index is -1.23. The lowest BCUT2D eigenvalue weighted by molar-refractivity contribution is -0.138. The van der Waals surface area contributed by atoms with Crippen LogP contribution in [0.15, 0.2) is 60.9 Å². The number of aromatic nitrogens is 2. The van der Waals surface area contributed by atoms with Crippen LogP contribution in [-0.4, -0.2) is 75.9 Å². The monoisotopic (exact) mass is 603 g/mol. The molecule has 0 aliphatic rings. The number of carboxylic acids is 1. The molecule has 13 heteroatoms. The van der Waals surface area contributed by atoms with E-state index >= 15 is 0 Å². The third kappa shape index (κ3) is 7.81. The number of nitrogens with one attached hydrogen (secondary N) is 6. The molecule has 0 unspecified atom stereocenters. The van der Waals surface area contributed by atoms with Crippen LogP contribution in [0.2, 0.25) is 0 Å². The van der Waals surface area contributed by atoms with E-state index in [1.54, 1.807) is 26.2 Å². The summed E-state index contributed by atoms with van der Waals surface area (Å²) in [5, 5.41) is 21.2. The molecular formula is C31H37N7O6. The van der Waals surface area contributed by atoms with Crippen molar-refractivity contribution >= 4 is 51.4 Å². The molecule has 13 nitrogen and oxygen atoms in total. The van der Waals surface area contributed by atoms with E-state index in [-0.39, 0.29) is 19.4 Å². The Kier molecular flexibility index (Phi) is 10.3. The molecule has 0 spiro atoms. The number of H-pyrrole nitrogens is 2. The first-order valence-electron chi connectivity index (χ1n) is 14.3. The van der Waals surface area contributed by atoms with Crippen molar-refractivity contribution in [2.75, 3.05) is 13.1 Å². The molecule has 0 radical (unpaired) electrons. The summed E-state index contributed by atoms with van der Waals surface area (Å²) in [5.74, 6) is -4.11. The standard InChI is InChI=1S/C31H37N7O6/c1-17(2)28(38-30(43)25(36-26(39)13-32)12-19-15-34-23-10-6-4-8-21(19)23)31(44)37-24(29(42)35-16-27(40)41)11-18-14-33-22-9-5-3-7-20(18)22/h3-10,14-15,17,24-25,28,33-34H,11-13,16,32H2,1-2H3,(H,35,42)(H,36,39)(H,37,44)(H,38,43)(H,40,41)/t24-,25-,28-/m0/s1. The molecule has 4 aromatic rings. The molecule has 0 aliphatic heterocycles. The summed E-state index contributed by atoms with van der Waals surface area (Å²) in [6.07, 6.45) is 3.69. The van der Waals surface area contributed by atoms with Gasteiger partial charge in [-0.2, -0.15) is 0 Å². The van der Waals surface area contributed by atoms with Crippen molar-refractivity contribution in [3.8, 4) is 0 Å². The van der Waals surface area contributed by atoms with E-state index in [9.17, 15) is 24.0 Å². The fraction of sp³-hybridized carbons (Fsp3) is 0.323. The smallest absolute Gasteiger partial charge is 0.322 e. The zero-order valence-electron chi connectivity index (χ0n) is 24.5. The van der Waals surface area contributed by atoms with Gasteiger partial charge in [-0.25, -0.2) is 0 Å². The molecule has 9 N–H and O–H groups in total. The Morgan fingerprint density at radius 3 is 1.77 bits per heavy atom. The van der Waals surface area contributed by atoms with Gasteiger partial charge in [-0.1, -0.05) is 50.2 Å². The van der Waals surface area contributed by atoms with Crippen molar-refractivity contribution in [2.45, 2.75) is 44.8 Å². The van der Waals surface area contributed by atoms with Gasteiger partial charge in [-0.05, 0) is 29.2 Å². The Bertz CT molecular complexity index is 1660. The molecule has 0 saturated carbocycles. The maximum absolute atomic E-state index is 13.6. The number of carbonyl (C=O) groups is 5. The molecule has 0 saturated heterocycles. The number of aliphatic carboxylic acids is 1. The van der Waals surface area contributed by atoms with E-state index in [0.717, 1.165) is 32.9 Å². The average molecular weight is 604 g/mol. The molecule has 2 aromatic carbocycles. The first kappa shape index (κ1) is 31.8. The highest BCUT2D eigenvalue weighted by Crippen LogP contribution is 2.21. The number of amides is 4. The Morgan fingerprint density at radius 1 is 0.750 bits per heavy atom. The third-order valence-corrected chi connectivity index (χ3v) is 7.33. The first-order valence-corrected chi connectivity index (χ1v) is 14.3. The predicted octanol–water partition coefficient (Wildman–Crippen LogP) is 0.704. The Labute approximate surface area is 253 Å². The summed E-state index contributed by atoms with van der Waals surface area (Å²) < 4.78 is 0. The molecule has 232 valence electrons. The maximum Gasteiger partial charge on any atom is 0.322 e. The zero-order chi connectivity index (χ0) is 31.8. The van der Waals surface area contributed by atoms with Crippen LogP contribution in [0.1, 0.15) is 25.0 Å². The fourth-order valence-electron chi connectivity index (χ4n) is 5.05. The highest BCUT2D eigenvalue weighted by Gasteiger charge is 2.32. The topological polar surface area (TPSA) is 211 Å². The minimum Gasteiger partial charge on any atom is -0.480 e. The van der Waals surface area contributed by atoms with Crippen molar-refractivity contribution in [1.29, 1.82) is 0 Å². The zero-order valence-corrected chi connectivity index (χ0v) is 24.5. The lowest BCUT2D eigenvalue weighted by atomic mass is 9.99. The van der Waals surface area contributed by atoms with Gasteiger partial charge in [-0.3, -0.25) is 24.0 Å². The van der Waals surface area contributed by atoms with E-state index in [2.05, 4.69) is 31.2 Å². The number of para-hydroxylation sites is 2. The van der Waals surface area contributed by atoms with Crippen molar-refractivity contribution in [2.24, 2.45) is 11.7 Å². The molecule has 4 rings (SSSR count). The van der Waals surface area contributed by atoms with Crippen LogP contribution in [0.4, 0.5) is 0 Å². The number of fused-ring (bicyclic) bond motifs is 2. The highest BCUT2D eigenvalue weighted by molar-refractivity contribution is 5.96. The van der Waals surface area contributed by atoms with Crippen molar-refractivity contribution in [1.82, 2.24) is 31.2 Å². The lowest BCUT2D eigenvalue weighted by Gasteiger charge is -2.27. The largest absolute Gasteiger partial charge is 0.480 e. The molecule has 0 fully saturated rings. The highest BCUT2D eigenvalue weighted by atomic mass is 16.4. The van der Waals surface area contributed by atoms with Crippen molar-refractivity contribution < 1.29 is 29.1 Å². The van der Waals surface area contributed by atoms with Crippen LogP contribution in [0.5, 0.6) is 0 Å². The van der Waals surface area contributed by atoms with Crippen LogP contribution < -0.4 is 27.0 Å². The van der Waals surface area contributed by atoms with Gasteiger partial charge in [0, 0.05) is 47.0 Å². The number of carbonyl (C=O) groups excluding carboxylic acids is 4. The second kappa shape index (κ2) is 14.3. The van der Waals surface area contributed by atoms with Crippen molar-refractivity contribution in [3.05, 3.63) is 72.1 Å². The van der Waals surface area contributed by atoms with Crippen LogP contribution in [0.3, 0.4) is 0 Å².